The minimum atomic E-state index is -4.60. The molecule has 1 aromatic carbocycles. The molecule has 0 aliphatic carbocycles. The number of benzene rings is 1. The molecule has 9 heteroatoms. The van der Waals surface area contributed by atoms with Gasteiger partial charge in [-0.1, -0.05) is 12.1 Å². The van der Waals surface area contributed by atoms with E-state index in [1.807, 2.05) is 12.1 Å². The van der Waals surface area contributed by atoms with Crippen molar-refractivity contribution >= 4 is 40.0 Å². The Kier molecular flexibility index (Phi) is 5.63. The van der Waals surface area contributed by atoms with E-state index < -0.39 is 17.9 Å². The summed E-state index contributed by atoms with van der Waals surface area (Å²) in [5.74, 6) is -0.182. The molecule has 2 aromatic rings. The minimum absolute atomic E-state index is 0.0177. The molecule has 0 saturated carbocycles. The monoisotopic (exact) mass is 438 g/mol. The topological polar surface area (TPSA) is 70.1 Å². The van der Waals surface area contributed by atoms with E-state index >= 15 is 0 Å². The standard InChI is InChI=1S/C14H14F3IN4O/c1-8(7-23)19-13-21-11(14(15,16)17)6-12(22-13)20-10-5-3-2-4-9(10)18/h2-6,8,23H,7H2,1H3,(H2,19,20,21,22)/t8-/m1/s1. The van der Waals surface area contributed by atoms with Crippen molar-refractivity contribution in [3.05, 3.63) is 39.6 Å². The highest BCUT2D eigenvalue weighted by molar-refractivity contribution is 14.1. The van der Waals surface area contributed by atoms with Crippen LogP contribution in [-0.2, 0) is 6.18 Å². The largest absolute Gasteiger partial charge is 0.433 e. The molecule has 1 heterocycles. The Balaban J connectivity index is 2.38. The van der Waals surface area contributed by atoms with Crippen LogP contribution >= 0.6 is 22.6 Å². The zero-order valence-corrected chi connectivity index (χ0v) is 14.2. The van der Waals surface area contributed by atoms with Crippen molar-refractivity contribution in [1.82, 2.24) is 9.97 Å². The Morgan fingerprint density at radius 1 is 1.26 bits per heavy atom. The van der Waals surface area contributed by atoms with Gasteiger partial charge in [0.15, 0.2) is 5.69 Å². The normalized spacial score (nSPS) is 12.8. The lowest BCUT2D eigenvalue weighted by atomic mass is 10.3. The van der Waals surface area contributed by atoms with Crippen LogP contribution in [0.4, 0.5) is 30.6 Å². The first-order valence-corrected chi connectivity index (χ1v) is 7.72. The fraction of sp³-hybridized carbons (Fsp3) is 0.286. The van der Waals surface area contributed by atoms with Gasteiger partial charge in [-0.05, 0) is 41.6 Å². The Morgan fingerprint density at radius 3 is 2.57 bits per heavy atom. The van der Waals surface area contributed by atoms with Crippen LogP contribution in [0.5, 0.6) is 0 Å². The number of rotatable bonds is 5. The molecular weight excluding hydrogens is 424 g/mol. The second-order valence-corrected chi connectivity index (χ2v) is 5.95. The van der Waals surface area contributed by atoms with Crippen molar-refractivity contribution in [1.29, 1.82) is 0 Å². The zero-order chi connectivity index (χ0) is 17.0. The van der Waals surface area contributed by atoms with Crippen LogP contribution < -0.4 is 10.6 Å². The van der Waals surface area contributed by atoms with E-state index in [-0.39, 0.29) is 18.4 Å². The Bertz CT molecular complexity index is 681. The number of anilines is 3. The molecule has 0 amide bonds. The van der Waals surface area contributed by atoms with Gasteiger partial charge in [0.05, 0.1) is 12.3 Å². The fourth-order valence-corrected chi connectivity index (χ4v) is 2.21. The van der Waals surface area contributed by atoms with Gasteiger partial charge in [-0.15, -0.1) is 0 Å². The van der Waals surface area contributed by atoms with Gasteiger partial charge in [-0.3, -0.25) is 0 Å². The summed E-state index contributed by atoms with van der Waals surface area (Å²) in [6, 6.07) is 7.52. The number of hydrogen-bond acceptors (Lipinski definition) is 5. The Labute approximate surface area is 144 Å². The highest BCUT2D eigenvalue weighted by Crippen LogP contribution is 2.31. The molecule has 0 radical (unpaired) electrons. The number of aliphatic hydroxyl groups is 1. The van der Waals surface area contributed by atoms with Crippen LogP contribution in [0.1, 0.15) is 12.6 Å². The number of aliphatic hydroxyl groups excluding tert-OH is 1. The molecule has 0 bridgehead atoms. The molecule has 23 heavy (non-hydrogen) atoms. The molecule has 0 aliphatic rings. The van der Waals surface area contributed by atoms with Gasteiger partial charge >= 0.3 is 6.18 Å². The predicted molar refractivity (Wildman–Crippen MR) is 89.6 cm³/mol. The number of halogens is 4. The first kappa shape index (κ1) is 17.7. The fourth-order valence-electron chi connectivity index (χ4n) is 1.69. The summed E-state index contributed by atoms with van der Waals surface area (Å²) in [5.41, 5.74) is -0.422. The molecule has 0 aliphatic heterocycles. The van der Waals surface area contributed by atoms with Crippen molar-refractivity contribution in [3.63, 3.8) is 0 Å². The van der Waals surface area contributed by atoms with E-state index in [1.165, 1.54) is 0 Å². The number of para-hydroxylation sites is 1. The lowest BCUT2D eigenvalue weighted by Gasteiger charge is -2.15. The number of aromatic nitrogens is 2. The van der Waals surface area contributed by atoms with Gasteiger partial charge < -0.3 is 15.7 Å². The third-order valence-corrected chi connectivity index (χ3v) is 3.74. The van der Waals surface area contributed by atoms with E-state index in [1.54, 1.807) is 19.1 Å². The van der Waals surface area contributed by atoms with Crippen molar-refractivity contribution in [3.8, 4) is 0 Å². The van der Waals surface area contributed by atoms with Crippen LogP contribution in [0.15, 0.2) is 30.3 Å². The van der Waals surface area contributed by atoms with Crippen molar-refractivity contribution in [2.45, 2.75) is 19.1 Å². The quantitative estimate of drug-likeness (QED) is 0.623. The Morgan fingerprint density at radius 2 is 1.96 bits per heavy atom. The molecule has 2 rings (SSSR count). The van der Waals surface area contributed by atoms with Gasteiger partial charge in [0.2, 0.25) is 5.95 Å². The van der Waals surface area contributed by atoms with Crippen molar-refractivity contribution in [2.75, 3.05) is 17.2 Å². The van der Waals surface area contributed by atoms with Crippen LogP contribution in [-0.4, -0.2) is 27.7 Å². The van der Waals surface area contributed by atoms with Crippen LogP contribution in [0.25, 0.3) is 0 Å². The molecule has 124 valence electrons. The first-order valence-electron chi connectivity index (χ1n) is 6.65. The highest BCUT2D eigenvalue weighted by Gasteiger charge is 2.34. The SMILES string of the molecule is C[C@H](CO)Nc1nc(Nc2ccccc2I)cc(C(F)(F)F)n1. The summed E-state index contributed by atoms with van der Waals surface area (Å²) >= 11 is 2.07. The van der Waals surface area contributed by atoms with Crippen LogP contribution in [0.3, 0.4) is 0 Å². The first-order chi connectivity index (χ1) is 10.8. The molecule has 0 unspecified atom stereocenters. The maximum Gasteiger partial charge on any atom is 0.433 e. The summed E-state index contributed by atoms with van der Waals surface area (Å²) < 4.78 is 39.8. The summed E-state index contributed by atoms with van der Waals surface area (Å²) in [5, 5.41) is 14.5. The molecule has 3 N–H and O–H groups in total. The lowest BCUT2D eigenvalue weighted by Crippen LogP contribution is -2.22. The highest BCUT2D eigenvalue weighted by atomic mass is 127. The summed E-state index contributed by atoms with van der Waals surface area (Å²) in [4.78, 5) is 7.48. The van der Waals surface area contributed by atoms with E-state index in [4.69, 9.17) is 5.11 Å². The second-order valence-electron chi connectivity index (χ2n) is 4.79. The molecule has 1 aromatic heterocycles. The third kappa shape index (κ3) is 4.93. The third-order valence-electron chi connectivity index (χ3n) is 2.80. The number of nitrogens with one attached hydrogen (secondary N) is 2. The smallest absolute Gasteiger partial charge is 0.394 e. The summed E-state index contributed by atoms with van der Waals surface area (Å²) in [6.45, 7) is 1.36. The van der Waals surface area contributed by atoms with Gasteiger partial charge in [-0.25, -0.2) is 4.98 Å². The van der Waals surface area contributed by atoms with Gasteiger partial charge in [0, 0.05) is 15.7 Å². The van der Waals surface area contributed by atoms with E-state index in [0.29, 0.717) is 5.69 Å². The van der Waals surface area contributed by atoms with Crippen LogP contribution in [0, 0.1) is 3.57 Å². The predicted octanol–water partition coefficient (Wildman–Crippen LogP) is 3.64. The average Bonchev–Trinajstić information content (AvgIpc) is 2.48. The van der Waals surface area contributed by atoms with E-state index in [2.05, 4.69) is 43.2 Å². The van der Waals surface area contributed by atoms with Gasteiger partial charge in [0.25, 0.3) is 0 Å². The molecular formula is C14H14F3IN4O. The van der Waals surface area contributed by atoms with Crippen LogP contribution in [0.2, 0.25) is 0 Å². The van der Waals surface area contributed by atoms with Gasteiger partial charge in [0.1, 0.15) is 5.82 Å². The maximum absolute atomic E-state index is 13.0. The molecule has 0 fully saturated rings. The molecule has 0 saturated heterocycles. The molecule has 1 atom stereocenters. The minimum Gasteiger partial charge on any atom is -0.394 e. The maximum atomic E-state index is 13.0. The molecule has 0 spiro atoms. The number of alkyl halides is 3. The Hall–Kier alpha value is -1.62. The van der Waals surface area contributed by atoms with E-state index in [0.717, 1.165) is 9.64 Å². The molecule has 5 nitrogen and oxygen atoms in total. The van der Waals surface area contributed by atoms with E-state index in [9.17, 15) is 13.2 Å². The average molecular weight is 438 g/mol. The number of nitrogens with zero attached hydrogens (tertiary/aromatic N) is 2. The lowest BCUT2D eigenvalue weighted by molar-refractivity contribution is -0.141. The van der Waals surface area contributed by atoms with Gasteiger partial charge in [-0.2, -0.15) is 18.2 Å². The number of hydrogen-bond donors (Lipinski definition) is 3. The zero-order valence-electron chi connectivity index (χ0n) is 12.0. The second kappa shape index (κ2) is 7.30. The summed E-state index contributed by atoms with van der Waals surface area (Å²) in [7, 11) is 0. The summed E-state index contributed by atoms with van der Waals surface area (Å²) in [6.07, 6.45) is -4.60. The van der Waals surface area contributed by atoms with Crippen molar-refractivity contribution in [2.24, 2.45) is 0 Å². The van der Waals surface area contributed by atoms with Crippen molar-refractivity contribution < 1.29 is 18.3 Å².